The first kappa shape index (κ1) is 31.9. The van der Waals surface area contributed by atoms with Gasteiger partial charge in [0.05, 0.1) is 45.0 Å². The van der Waals surface area contributed by atoms with Gasteiger partial charge in [-0.15, -0.1) is 0 Å². The van der Waals surface area contributed by atoms with E-state index in [9.17, 15) is 19.7 Å². The molecule has 0 fully saturated rings. The first-order valence-electron chi connectivity index (χ1n) is 14.6. The number of nitrogens with zero attached hydrogens (tertiary/aromatic N) is 3. The van der Waals surface area contributed by atoms with Crippen LogP contribution in [0, 0.1) is 10.1 Å². The molecule has 47 heavy (non-hydrogen) atoms. The Morgan fingerprint density at radius 2 is 1.85 bits per heavy atom. The van der Waals surface area contributed by atoms with Crippen molar-refractivity contribution in [2.45, 2.75) is 26.5 Å². The van der Waals surface area contributed by atoms with Crippen molar-refractivity contribution in [3.05, 3.63) is 141 Å². The number of benzene rings is 4. The summed E-state index contributed by atoms with van der Waals surface area (Å²) in [6, 6.07) is 22.6. The van der Waals surface area contributed by atoms with Crippen molar-refractivity contribution in [3.8, 4) is 11.5 Å². The van der Waals surface area contributed by atoms with Crippen molar-refractivity contribution < 1.29 is 23.9 Å². The average molecular weight is 715 g/mol. The van der Waals surface area contributed by atoms with Crippen LogP contribution in [0.4, 0.5) is 5.69 Å². The van der Waals surface area contributed by atoms with Gasteiger partial charge >= 0.3 is 5.97 Å². The minimum absolute atomic E-state index is 0.00198. The van der Waals surface area contributed by atoms with Crippen molar-refractivity contribution in [3.63, 3.8) is 0 Å². The molecule has 0 saturated heterocycles. The lowest BCUT2D eigenvalue weighted by atomic mass is 9.91. The summed E-state index contributed by atoms with van der Waals surface area (Å²) in [5.74, 6) is 0.350. The van der Waals surface area contributed by atoms with Gasteiger partial charge in [0.15, 0.2) is 16.3 Å². The number of nitro groups is 1. The van der Waals surface area contributed by atoms with Gasteiger partial charge in [0, 0.05) is 12.1 Å². The van der Waals surface area contributed by atoms with Crippen LogP contribution in [0.2, 0.25) is 0 Å². The van der Waals surface area contributed by atoms with Gasteiger partial charge in [-0.25, -0.2) is 9.79 Å². The average Bonchev–Trinajstić information content (AvgIpc) is 3.36. The van der Waals surface area contributed by atoms with E-state index in [0.29, 0.717) is 42.1 Å². The minimum Gasteiger partial charge on any atom is -0.493 e. The molecule has 0 bridgehead atoms. The van der Waals surface area contributed by atoms with Crippen LogP contribution in [-0.2, 0) is 16.1 Å². The van der Waals surface area contributed by atoms with Crippen LogP contribution in [0.25, 0.3) is 16.8 Å². The summed E-state index contributed by atoms with van der Waals surface area (Å²) >= 11 is 4.80. The summed E-state index contributed by atoms with van der Waals surface area (Å²) in [7, 11) is 1.52. The van der Waals surface area contributed by atoms with E-state index in [4.69, 9.17) is 19.2 Å². The van der Waals surface area contributed by atoms with Crippen LogP contribution in [0.1, 0.15) is 36.6 Å². The SMILES string of the molecule is CCOC(=O)C1=C(C)N=c2s/c(=C\c3cc(Br)c(OCc4ccc([N+](=O)[O-])cc4)c(OC)c3)c(=O)n2[C@H]1c1cccc2ccccc12. The highest BCUT2D eigenvalue weighted by Gasteiger charge is 2.34. The number of aromatic nitrogens is 1. The Labute approximate surface area is 281 Å². The molecule has 0 unspecified atom stereocenters. The first-order valence-corrected chi connectivity index (χ1v) is 16.2. The maximum Gasteiger partial charge on any atom is 0.338 e. The molecule has 1 aliphatic heterocycles. The monoisotopic (exact) mass is 713 g/mol. The van der Waals surface area contributed by atoms with Gasteiger partial charge in [-0.1, -0.05) is 53.8 Å². The number of nitro benzene ring substituents is 1. The second-order valence-corrected chi connectivity index (χ2v) is 12.5. The van der Waals surface area contributed by atoms with Crippen molar-refractivity contribution in [2.75, 3.05) is 13.7 Å². The van der Waals surface area contributed by atoms with Crippen LogP contribution >= 0.6 is 27.3 Å². The lowest BCUT2D eigenvalue weighted by Crippen LogP contribution is -2.40. The summed E-state index contributed by atoms with van der Waals surface area (Å²) in [5, 5.41) is 12.9. The smallest absolute Gasteiger partial charge is 0.338 e. The number of carbonyl (C=O) groups excluding carboxylic acids is 1. The molecule has 5 aromatic rings. The Morgan fingerprint density at radius 1 is 1.11 bits per heavy atom. The largest absolute Gasteiger partial charge is 0.493 e. The zero-order valence-corrected chi connectivity index (χ0v) is 28.0. The van der Waals surface area contributed by atoms with E-state index < -0.39 is 16.9 Å². The number of thiazole rings is 1. The highest BCUT2D eigenvalue weighted by atomic mass is 79.9. The molecule has 0 aliphatic carbocycles. The molecule has 0 spiro atoms. The number of non-ortho nitro benzene ring substituents is 1. The van der Waals surface area contributed by atoms with Crippen molar-refractivity contribution >= 4 is 55.8 Å². The standard InChI is InChI=1S/C35H28BrN3O7S/c1-4-45-34(41)30-20(2)37-35-38(31(30)26-11-7-9-23-8-5-6-10-25(23)26)33(40)29(47-35)18-22-16-27(36)32(28(17-22)44-3)46-19-21-12-14-24(15-13-21)39(42)43/h5-18,31H,4,19H2,1-3H3/b29-18-/t31-/m0/s1. The van der Waals surface area contributed by atoms with Crippen LogP contribution in [-0.4, -0.2) is 29.2 Å². The zero-order chi connectivity index (χ0) is 33.2. The molecule has 1 atom stereocenters. The number of ether oxygens (including phenoxy) is 3. The summed E-state index contributed by atoms with van der Waals surface area (Å²) in [5.41, 5.74) is 2.73. The lowest BCUT2D eigenvalue weighted by Gasteiger charge is -2.25. The molecular weight excluding hydrogens is 686 g/mol. The van der Waals surface area contributed by atoms with Gasteiger partial charge in [-0.2, -0.15) is 0 Å². The Bertz CT molecular complexity index is 2250. The number of halogens is 1. The van der Waals surface area contributed by atoms with Crippen molar-refractivity contribution in [1.29, 1.82) is 0 Å². The molecule has 0 N–H and O–H groups in total. The molecule has 6 rings (SSSR count). The summed E-state index contributed by atoms with van der Waals surface area (Å²) in [4.78, 5) is 43.2. The van der Waals surface area contributed by atoms with Crippen LogP contribution < -0.4 is 24.4 Å². The molecule has 4 aromatic carbocycles. The Hall–Kier alpha value is -5.07. The first-order chi connectivity index (χ1) is 22.7. The van der Waals surface area contributed by atoms with Crippen LogP contribution in [0.3, 0.4) is 0 Å². The fourth-order valence-electron chi connectivity index (χ4n) is 5.56. The van der Waals surface area contributed by atoms with E-state index in [1.165, 1.54) is 30.6 Å². The van der Waals surface area contributed by atoms with E-state index in [-0.39, 0.29) is 24.5 Å². The second-order valence-electron chi connectivity index (χ2n) is 10.6. The predicted octanol–water partition coefficient (Wildman–Crippen LogP) is 6.21. The van der Waals surface area contributed by atoms with Crippen LogP contribution in [0.15, 0.2) is 104 Å². The topological polar surface area (TPSA) is 122 Å². The number of fused-ring (bicyclic) bond motifs is 2. The van der Waals surface area contributed by atoms with E-state index in [0.717, 1.165) is 21.9 Å². The number of hydrogen-bond acceptors (Lipinski definition) is 9. The quantitative estimate of drug-likeness (QED) is 0.101. The lowest BCUT2D eigenvalue weighted by molar-refractivity contribution is -0.384. The van der Waals surface area contributed by atoms with Gasteiger partial charge in [0.2, 0.25) is 0 Å². The third kappa shape index (κ3) is 6.21. The van der Waals surface area contributed by atoms with Gasteiger partial charge in [0.25, 0.3) is 11.2 Å². The highest BCUT2D eigenvalue weighted by Crippen LogP contribution is 2.38. The molecule has 12 heteroatoms. The van der Waals surface area contributed by atoms with E-state index in [1.54, 1.807) is 42.7 Å². The zero-order valence-electron chi connectivity index (χ0n) is 25.6. The highest BCUT2D eigenvalue weighted by molar-refractivity contribution is 9.10. The van der Waals surface area contributed by atoms with Gasteiger partial charge < -0.3 is 14.2 Å². The van der Waals surface area contributed by atoms with E-state index in [1.807, 2.05) is 48.5 Å². The van der Waals surface area contributed by atoms with Gasteiger partial charge in [0.1, 0.15) is 6.61 Å². The summed E-state index contributed by atoms with van der Waals surface area (Å²) in [6.07, 6.45) is 1.75. The molecule has 1 aliphatic rings. The second kappa shape index (κ2) is 13.3. The minimum atomic E-state index is -0.741. The Morgan fingerprint density at radius 3 is 2.57 bits per heavy atom. The molecule has 0 saturated carbocycles. The third-order valence-corrected chi connectivity index (χ3v) is 9.29. The van der Waals surface area contributed by atoms with E-state index >= 15 is 0 Å². The molecule has 238 valence electrons. The fourth-order valence-corrected chi connectivity index (χ4v) is 7.18. The van der Waals surface area contributed by atoms with Crippen molar-refractivity contribution in [1.82, 2.24) is 4.57 Å². The predicted molar refractivity (Wildman–Crippen MR) is 182 cm³/mol. The van der Waals surface area contributed by atoms with Crippen LogP contribution in [0.5, 0.6) is 11.5 Å². The number of methoxy groups -OCH3 is 1. The maximum atomic E-state index is 14.2. The molecule has 10 nitrogen and oxygen atoms in total. The fraction of sp³-hybridized carbons (Fsp3) is 0.171. The maximum absolute atomic E-state index is 14.2. The molecule has 2 heterocycles. The third-order valence-electron chi connectivity index (χ3n) is 7.71. The molecule has 0 radical (unpaired) electrons. The number of rotatable bonds is 9. The summed E-state index contributed by atoms with van der Waals surface area (Å²) < 4.78 is 19.7. The number of esters is 1. The number of carbonyl (C=O) groups is 1. The van der Waals surface area contributed by atoms with Gasteiger partial charge in [-0.3, -0.25) is 19.5 Å². The number of allylic oxidation sites excluding steroid dienone is 1. The van der Waals surface area contributed by atoms with Gasteiger partial charge in [-0.05, 0) is 87.6 Å². The number of hydrogen-bond donors (Lipinski definition) is 0. The van der Waals surface area contributed by atoms with E-state index in [2.05, 4.69) is 15.9 Å². The Balaban J connectivity index is 1.42. The Kier molecular flexibility index (Phi) is 9.06. The van der Waals surface area contributed by atoms with Crippen molar-refractivity contribution in [2.24, 2.45) is 4.99 Å². The normalized spacial score (nSPS) is 14.5. The molecular formula is C35H28BrN3O7S. The molecule has 0 amide bonds. The molecule has 1 aromatic heterocycles. The summed E-state index contributed by atoms with van der Waals surface area (Å²) in [6.45, 7) is 3.85.